The molecule has 1 rings (SSSR count). The highest BCUT2D eigenvalue weighted by Crippen LogP contribution is 2.15. The van der Waals surface area contributed by atoms with Gasteiger partial charge in [0.1, 0.15) is 0 Å². The Morgan fingerprint density at radius 1 is 1.50 bits per heavy atom. The lowest BCUT2D eigenvalue weighted by Crippen LogP contribution is -2.14. The van der Waals surface area contributed by atoms with Gasteiger partial charge in [-0.25, -0.2) is 8.78 Å². The molecular weight excluding hydrogens is 112 g/mol. The summed E-state index contributed by atoms with van der Waals surface area (Å²) in [6, 6.07) is 0. The Hall–Kier alpha value is -0.180. The van der Waals surface area contributed by atoms with Crippen molar-refractivity contribution in [2.24, 2.45) is 5.92 Å². The van der Waals surface area contributed by atoms with Crippen molar-refractivity contribution in [2.45, 2.75) is 12.8 Å². The van der Waals surface area contributed by atoms with E-state index in [0.29, 0.717) is 13.0 Å². The molecule has 0 aromatic carbocycles. The highest BCUT2D eigenvalue weighted by atomic mass is 19.3. The second kappa shape index (κ2) is 2.40. The molecule has 0 aromatic heterocycles. The molecule has 0 unspecified atom stereocenters. The number of hydrogen-bond acceptors (Lipinski definition) is 1. The van der Waals surface area contributed by atoms with Gasteiger partial charge in [0.2, 0.25) is 6.43 Å². The van der Waals surface area contributed by atoms with Gasteiger partial charge in [0.05, 0.1) is 0 Å². The van der Waals surface area contributed by atoms with E-state index in [0.717, 1.165) is 6.54 Å². The van der Waals surface area contributed by atoms with Crippen LogP contribution >= 0.6 is 0 Å². The van der Waals surface area contributed by atoms with Gasteiger partial charge in [0.25, 0.3) is 0 Å². The lowest BCUT2D eigenvalue weighted by atomic mass is 10.1. The molecule has 1 aliphatic heterocycles. The molecule has 0 saturated carbocycles. The van der Waals surface area contributed by atoms with E-state index < -0.39 is 6.43 Å². The third-order valence-corrected chi connectivity index (χ3v) is 1.45. The molecule has 0 radical (unpaired) electrons. The largest absolute Gasteiger partial charge is 0.316 e. The fourth-order valence-electron chi connectivity index (χ4n) is 0.892. The maximum absolute atomic E-state index is 11.7. The zero-order valence-electron chi connectivity index (χ0n) is 4.53. The Labute approximate surface area is 47.1 Å². The van der Waals surface area contributed by atoms with Gasteiger partial charge in [0.15, 0.2) is 0 Å². The molecule has 48 valence electrons. The van der Waals surface area contributed by atoms with Crippen molar-refractivity contribution >= 4 is 0 Å². The Morgan fingerprint density at radius 3 is 2.50 bits per heavy atom. The molecule has 0 bridgehead atoms. The maximum Gasteiger partial charge on any atom is 0.242 e. The fraction of sp³-hybridized carbons (Fsp3) is 1.00. The zero-order chi connectivity index (χ0) is 5.98. The molecule has 1 fully saturated rings. The first-order chi connectivity index (χ1) is 3.80. The topological polar surface area (TPSA) is 12.0 Å². The van der Waals surface area contributed by atoms with Crippen LogP contribution < -0.4 is 5.32 Å². The Bertz CT molecular complexity index is 68.8. The number of hydrogen-bond donors (Lipinski definition) is 1. The molecule has 1 heterocycles. The van der Waals surface area contributed by atoms with Crippen LogP contribution in [-0.2, 0) is 0 Å². The zero-order valence-corrected chi connectivity index (χ0v) is 4.53. The number of nitrogens with one attached hydrogen (secondary N) is 1. The third-order valence-electron chi connectivity index (χ3n) is 1.45. The van der Waals surface area contributed by atoms with Gasteiger partial charge in [-0.3, -0.25) is 0 Å². The van der Waals surface area contributed by atoms with Crippen molar-refractivity contribution in [1.29, 1.82) is 0 Å². The van der Waals surface area contributed by atoms with E-state index in [1.165, 1.54) is 0 Å². The van der Waals surface area contributed by atoms with Crippen LogP contribution in [0.4, 0.5) is 8.78 Å². The van der Waals surface area contributed by atoms with Gasteiger partial charge in [0, 0.05) is 12.5 Å². The van der Waals surface area contributed by atoms with Crippen LogP contribution in [0, 0.1) is 5.92 Å². The van der Waals surface area contributed by atoms with Crippen molar-refractivity contribution in [3.8, 4) is 0 Å². The van der Waals surface area contributed by atoms with E-state index in [9.17, 15) is 8.78 Å². The highest BCUT2D eigenvalue weighted by molar-refractivity contribution is 4.72. The standard InChI is InChI=1S/C5H9F2N/c6-5(7)4-1-2-8-3-4/h4-5,8H,1-3H2/t4-/m1/s1. The summed E-state index contributed by atoms with van der Waals surface area (Å²) in [4.78, 5) is 0. The van der Waals surface area contributed by atoms with Crippen LogP contribution in [0.15, 0.2) is 0 Å². The second-order valence-electron chi connectivity index (χ2n) is 2.09. The first kappa shape index (κ1) is 5.95. The Morgan fingerprint density at radius 2 is 2.25 bits per heavy atom. The quantitative estimate of drug-likeness (QED) is 0.542. The van der Waals surface area contributed by atoms with E-state index in [4.69, 9.17) is 0 Å². The molecule has 8 heavy (non-hydrogen) atoms. The van der Waals surface area contributed by atoms with Crippen molar-refractivity contribution in [2.75, 3.05) is 13.1 Å². The summed E-state index contributed by atoms with van der Waals surface area (Å²) >= 11 is 0. The van der Waals surface area contributed by atoms with E-state index in [1.807, 2.05) is 0 Å². The Balaban J connectivity index is 2.24. The minimum absolute atomic E-state index is 0.380. The maximum atomic E-state index is 11.7. The van der Waals surface area contributed by atoms with Crippen LogP contribution in [0.3, 0.4) is 0 Å². The van der Waals surface area contributed by atoms with Gasteiger partial charge >= 0.3 is 0 Å². The molecule has 1 saturated heterocycles. The van der Waals surface area contributed by atoms with Crippen molar-refractivity contribution < 1.29 is 8.78 Å². The minimum Gasteiger partial charge on any atom is -0.316 e. The van der Waals surface area contributed by atoms with Gasteiger partial charge in [-0.1, -0.05) is 0 Å². The molecular formula is C5H9F2N. The summed E-state index contributed by atoms with van der Waals surface area (Å²) in [6.45, 7) is 1.26. The van der Waals surface area contributed by atoms with Crippen LogP contribution in [0.5, 0.6) is 0 Å². The molecule has 0 aromatic rings. The number of halogens is 2. The predicted molar refractivity (Wildman–Crippen MR) is 27.0 cm³/mol. The van der Waals surface area contributed by atoms with Gasteiger partial charge < -0.3 is 5.32 Å². The van der Waals surface area contributed by atoms with Gasteiger partial charge in [-0.15, -0.1) is 0 Å². The SMILES string of the molecule is FC(F)[C@@H]1CCNC1. The third kappa shape index (κ3) is 1.15. The lowest BCUT2D eigenvalue weighted by molar-refractivity contribution is 0.0872. The normalized spacial score (nSPS) is 29.6. The predicted octanol–water partition coefficient (Wildman–Crippen LogP) is 0.861. The molecule has 1 atom stereocenters. The monoisotopic (exact) mass is 121 g/mol. The van der Waals surface area contributed by atoms with Crippen LogP contribution in [-0.4, -0.2) is 19.5 Å². The van der Waals surface area contributed by atoms with Crippen molar-refractivity contribution in [3.63, 3.8) is 0 Å². The molecule has 3 heteroatoms. The summed E-state index contributed by atoms with van der Waals surface area (Å²) < 4.78 is 23.4. The molecule has 1 nitrogen and oxygen atoms in total. The average Bonchev–Trinajstić information content (AvgIpc) is 2.12. The molecule has 0 aliphatic carbocycles. The van der Waals surface area contributed by atoms with E-state index in [1.54, 1.807) is 0 Å². The average molecular weight is 121 g/mol. The lowest BCUT2D eigenvalue weighted by Gasteiger charge is -2.03. The fourth-order valence-corrected chi connectivity index (χ4v) is 0.892. The first-order valence-electron chi connectivity index (χ1n) is 2.79. The summed E-state index contributed by atoms with van der Waals surface area (Å²) in [5.41, 5.74) is 0. The summed E-state index contributed by atoms with van der Waals surface area (Å²) in [7, 11) is 0. The summed E-state index contributed by atoms with van der Waals surface area (Å²) in [5, 5.41) is 2.87. The molecule has 0 amide bonds. The molecule has 0 spiro atoms. The van der Waals surface area contributed by atoms with Gasteiger partial charge in [-0.05, 0) is 13.0 Å². The first-order valence-corrected chi connectivity index (χ1v) is 2.79. The van der Waals surface area contributed by atoms with Crippen LogP contribution in [0.2, 0.25) is 0 Å². The van der Waals surface area contributed by atoms with Crippen LogP contribution in [0.25, 0.3) is 0 Å². The Kier molecular flexibility index (Phi) is 1.78. The highest BCUT2D eigenvalue weighted by Gasteiger charge is 2.23. The smallest absolute Gasteiger partial charge is 0.242 e. The van der Waals surface area contributed by atoms with E-state index in [2.05, 4.69) is 5.32 Å². The van der Waals surface area contributed by atoms with Crippen LogP contribution in [0.1, 0.15) is 6.42 Å². The number of rotatable bonds is 1. The summed E-state index contributed by atoms with van der Waals surface area (Å²) in [6.07, 6.45) is -1.48. The van der Waals surface area contributed by atoms with E-state index in [-0.39, 0.29) is 5.92 Å². The summed E-state index contributed by atoms with van der Waals surface area (Å²) in [5.74, 6) is -0.380. The van der Waals surface area contributed by atoms with Gasteiger partial charge in [-0.2, -0.15) is 0 Å². The second-order valence-corrected chi connectivity index (χ2v) is 2.09. The number of alkyl halides is 2. The van der Waals surface area contributed by atoms with Crippen molar-refractivity contribution in [1.82, 2.24) is 5.32 Å². The van der Waals surface area contributed by atoms with E-state index >= 15 is 0 Å². The van der Waals surface area contributed by atoms with Crippen molar-refractivity contribution in [3.05, 3.63) is 0 Å². The molecule has 1 aliphatic rings. The molecule has 1 N–H and O–H groups in total. The minimum atomic E-state index is -2.12.